The Morgan fingerprint density at radius 3 is 1.94 bits per heavy atom. The summed E-state index contributed by atoms with van der Waals surface area (Å²) < 4.78 is 34.2. The molecule has 0 spiro atoms. The van der Waals surface area contributed by atoms with Crippen LogP contribution in [0, 0.1) is 11.8 Å². The van der Waals surface area contributed by atoms with Gasteiger partial charge in [0.25, 0.3) is 0 Å². The fraction of sp³-hybridized carbons (Fsp3) is 0.700. The molecule has 64 heavy (non-hydrogen) atoms. The number of likely N-dealkylation sites (N-methyl/N-ethyl adjacent to an activating group) is 1. The molecular formula is C50H85NO12P+. The van der Waals surface area contributed by atoms with E-state index in [0.717, 1.165) is 70.6 Å². The van der Waals surface area contributed by atoms with Crippen molar-refractivity contribution in [3.8, 4) is 0 Å². The third kappa shape index (κ3) is 32.6. The van der Waals surface area contributed by atoms with Crippen LogP contribution in [0.5, 0.6) is 0 Å². The van der Waals surface area contributed by atoms with Crippen LogP contribution in [-0.4, -0.2) is 114 Å². The second-order valence-electron chi connectivity index (χ2n) is 17.7. The summed E-state index contributed by atoms with van der Waals surface area (Å²) in [5.74, 6) is -2.15. The fourth-order valence-corrected chi connectivity index (χ4v) is 7.66. The van der Waals surface area contributed by atoms with Crippen molar-refractivity contribution in [1.82, 2.24) is 0 Å². The molecule has 1 rings (SSSR count). The van der Waals surface area contributed by atoms with Gasteiger partial charge < -0.3 is 34.2 Å². The van der Waals surface area contributed by atoms with Gasteiger partial charge in [0.2, 0.25) is 0 Å². The van der Waals surface area contributed by atoms with Crippen LogP contribution in [0.2, 0.25) is 0 Å². The molecular weight excluding hydrogens is 838 g/mol. The van der Waals surface area contributed by atoms with Crippen LogP contribution < -0.4 is 0 Å². The number of aliphatic hydroxyl groups is 3. The summed E-state index contributed by atoms with van der Waals surface area (Å²) in [5.41, 5.74) is 0. The van der Waals surface area contributed by atoms with Gasteiger partial charge in [0.1, 0.15) is 25.5 Å². The molecule has 14 heteroatoms. The van der Waals surface area contributed by atoms with Crippen molar-refractivity contribution >= 4 is 25.5 Å². The highest BCUT2D eigenvalue weighted by Gasteiger charge is 2.41. The van der Waals surface area contributed by atoms with E-state index in [0.29, 0.717) is 36.7 Å². The van der Waals surface area contributed by atoms with Crippen molar-refractivity contribution in [2.45, 2.75) is 167 Å². The van der Waals surface area contributed by atoms with E-state index < -0.39 is 62.6 Å². The minimum Gasteiger partial charge on any atom is -0.462 e. The Bertz CT molecular complexity index is 1500. The van der Waals surface area contributed by atoms with Gasteiger partial charge in [-0.3, -0.25) is 23.4 Å². The number of hydrogen-bond acceptors (Lipinski definition) is 11. The van der Waals surface area contributed by atoms with Gasteiger partial charge in [0.15, 0.2) is 6.10 Å². The minimum absolute atomic E-state index is 0.0452. The molecule has 0 aliphatic heterocycles. The van der Waals surface area contributed by atoms with E-state index in [4.69, 9.17) is 18.5 Å². The van der Waals surface area contributed by atoms with Crippen LogP contribution in [0.1, 0.15) is 142 Å². The standard InChI is InChI=1S/C50H84NO12P/c1-6-8-10-11-12-13-14-15-16-17-18-19-20-21-22-23-24-25-27-32-49(56)60-40-44(41-62-64(58,59)61-37-36-51(3,4)5)63-50(57)33-29-28-31-43(53)38-46-45(47(54)39-48(46)55)35-34-42(52)30-26-9-7-2/h8,10,12-13,15-16,18-19,21-22,34-35,42,44-48,52,54-55H,6-7,9,11,14,17,20,23-33,36-41H2,1-5H3/p+1/b10-8-,13-12-,16-15-,19-18-,22-21-,35-34+/t42-,44+,45+,46+,47+,48-/m0/s1. The second-order valence-corrected chi connectivity index (χ2v) is 19.2. The van der Waals surface area contributed by atoms with Crippen LogP contribution in [-0.2, 0) is 37.5 Å². The molecule has 0 heterocycles. The molecule has 1 fully saturated rings. The zero-order valence-electron chi connectivity index (χ0n) is 39.8. The number of aliphatic hydroxyl groups excluding tert-OH is 3. The first-order chi connectivity index (χ1) is 30.6. The van der Waals surface area contributed by atoms with Crippen molar-refractivity contribution < 1.29 is 62.2 Å². The van der Waals surface area contributed by atoms with Crippen molar-refractivity contribution in [3.63, 3.8) is 0 Å². The third-order valence-electron chi connectivity index (χ3n) is 10.7. The lowest BCUT2D eigenvalue weighted by molar-refractivity contribution is -0.870. The average molecular weight is 923 g/mol. The quantitative estimate of drug-likeness (QED) is 0.0151. The molecule has 0 radical (unpaired) electrons. The Labute approximate surface area is 385 Å². The summed E-state index contributed by atoms with van der Waals surface area (Å²) in [6.45, 7) is 3.71. The summed E-state index contributed by atoms with van der Waals surface area (Å²) >= 11 is 0. The molecule has 7 atom stereocenters. The number of carbonyl (C=O) groups excluding carboxylic acids is 3. The first-order valence-corrected chi connectivity index (χ1v) is 25.3. The minimum atomic E-state index is -4.50. The molecule has 1 saturated carbocycles. The number of carbonyl (C=O) groups is 3. The second kappa shape index (κ2) is 36.2. The van der Waals surface area contributed by atoms with Crippen LogP contribution in [0.4, 0.5) is 0 Å². The highest BCUT2D eigenvalue weighted by molar-refractivity contribution is 7.47. The van der Waals surface area contributed by atoms with Gasteiger partial charge in [-0.15, -0.1) is 0 Å². The molecule has 4 N–H and O–H groups in total. The number of allylic oxidation sites excluding steroid dienone is 10. The third-order valence-corrected chi connectivity index (χ3v) is 11.7. The molecule has 1 unspecified atom stereocenters. The SMILES string of the molecule is CC/C=C\C/C=C\C/C=C\C/C=C\C/C=C\CCCCCC(=O)OC[C@H](COP(=O)(O)OCC[N+](C)(C)C)OC(=O)CCCCC(=O)C[C@@H]1[C@@H](/C=C/[C@@H](O)CCCCC)[C@H](O)C[C@@H]1O. The maximum absolute atomic E-state index is 12.9. The lowest BCUT2D eigenvalue weighted by Gasteiger charge is -2.24. The largest absolute Gasteiger partial charge is 0.472 e. The lowest BCUT2D eigenvalue weighted by Crippen LogP contribution is -2.37. The zero-order chi connectivity index (χ0) is 47.5. The number of hydrogen-bond donors (Lipinski definition) is 4. The van der Waals surface area contributed by atoms with Crippen LogP contribution in [0.3, 0.4) is 0 Å². The number of ketones is 1. The van der Waals surface area contributed by atoms with E-state index in [2.05, 4.69) is 74.6 Å². The summed E-state index contributed by atoms with van der Waals surface area (Å²) in [6, 6.07) is 0. The number of phosphoric ester groups is 1. The number of unbranched alkanes of at least 4 members (excludes halogenated alkanes) is 6. The number of nitrogens with zero attached hydrogens (tertiary/aromatic N) is 1. The van der Waals surface area contributed by atoms with E-state index in [-0.39, 0.29) is 51.1 Å². The normalized spacial score (nSPS) is 20.4. The monoisotopic (exact) mass is 923 g/mol. The van der Waals surface area contributed by atoms with Gasteiger partial charge in [-0.05, 0) is 70.6 Å². The molecule has 13 nitrogen and oxygen atoms in total. The predicted octanol–water partition coefficient (Wildman–Crippen LogP) is 9.36. The number of quaternary nitrogens is 1. The highest BCUT2D eigenvalue weighted by Crippen LogP contribution is 2.43. The Kier molecular flexibility index (Phi) is 33.3. The van der Waals surface area contributed by atoms with Crippen LogP contribution >= 0.6 is 7.82 Å². The molecule has 0 amide bonds. The average Bonchev–Trinajstić information content (AvgIpc) is 3.50. The van der Waals surface area contributed by atoms with Crippen molar-refractivity contribution in [2.24, 2.45) is 11.8 Å². The zero-order valence-corrected chi connectivity index (χ0v) is 40.7. The fourth-order valence-electron chi connectivity index (χ4n) is 6.92. The van der Waals surface area contributed by atoms with Gasteiger partial charge in [0, 0.05) is 43.9 Å². The van der Waals surface area contributed by atoms with E-state index in [1.165, 1.54) is 0 Å². The van der Waals surface area contributed by atoms with Gasteiger partial charge >= 0.3 is 19.8 Å². The molecule has 366 valence electrons. The molecule has 0 aromatic heterocycles. The van der Waals surface area contributed by atoms with Crippen molar-refractivity contribution in [3.05, 3.63) is 72.9 Å². The van der Waals surface area contributed by atoms with E-state index >= 15 is 0 Å². The van der Waals surface area contributed by atoms with Crippen molar-refractivity contribution in [1.29, 1.82) is 0 Å². The van der Waals surface area contributed by atoms with Gasteiger partial charge in [-0.2, -0.15) is 0 Å². The lowest BCUT2D eigenvalue weighted by atomic mass is 9.87. The van der Waals surface area contributed by atoms with E-state index in [1.807, 2.05) is 21.1 Å². The summed E-state index contributed by atoms with van der Waals surface area (Å²) in [4.78, 5) is 48.6. The maximum Gasteiger partial charge on any atom is 0.472 e. The van der Waals surface area contributed by atoms with Crippen LogP contribution in [0.15, 0.2) is 72.9 Å². The molecule has 0 aromatic carbocycles. The topological polar surface area (TPSA) is 186 Å². The summed E-state index contributed by atoms with van der Waals surface area (Å²) in [6.07, 6.45) is 34.4. The number of phosphoric acid groups is 1. The molecule has 0 saturated heterocycles. The smallest absolute Gasteiger partial charge is 0.462 e. The molecule has 0 bridgehead atoms. The molecule has 1 aliphatic rings. The number of ether oxygens (including phenoxy) is 2. The first kappa shape index (κ1) is 59.0. The van der Waals surface area contributed by atoms with Crippen LogP contribution in [0.25, 0.3) is 0 Å². The van der Waals surface area contributed by atoms with Gasteiger partial charge in [-0.1, -0.05) is 112 Å². The Hall–Kier alpha value is -3.00. The molecule has 1 aliphatic carbocycles. The Balaban J connectivity index is 2.52. The van der Waals surface area contributed by atoms with E-state index in [9.17, 15) is 39.2 Å². The van der Waals surface area contributed by atoms with Crippen molar-refractivity contribution in [2.75, 3.05) is 47.5 Å². The summed E-state index contributed by atoms with van der Waals surface area (Å²) in [5, 5.41) is 31.4. The highest BCUT2D eigenvalue weighted by atomic mass is 31.2. The first-order valence-electron chi connectivity index (χ1n) is 23.8. The van der Waals surface area contributed by atoms with Gasteiger partial charge in [0.05, 0.1) is 46.1 Å². The summed E-state index contributed by atoms with van der Waals surface area (Å²) in [7, 11) is 1.22. The van der Waals surface area contributed by atoms with E-state index in [1.54, 1.807) is 12.2 Å². The predicted molar refractivity (Wildman–Crippen MR) is 254 cm³/mol. The number of Topliss-reactive ketones (excluding diaryl/α,β-unsaturated/α-hetero) is 1. The number of rotatable bonds is 38. The number of esters is 2. The van der Waals surface area contributed by atoms with Gasteiger partial charge in [-0.25, -0.2) is 4.57 Å². The maximum atomic E-state index is 12.9. The molecule has 0 aromatic rings. The Morgan fingerprint density at radius 2 is 1.31 bits per heavy atom. The Morgan fingerprint density at radius 1 is 0.719 bits per heavy atom.